The van der Waals surface area contributed by atoms with Crippen LogP contribution in [0.5, 0.6) is 0 Å². The van der Waals surface area contributed by atoms with Crippen molar-refractivity contribution in [3.63, 3.8) is 0 Å². The molecule has 0 radical (unpaired) electrons. The Hall–Kier alpha value is -0.422. The Morgan fingerprint density at radius 2 is 2.00 bits per heavy atom. The molecule has 0 aliphatic carbocycles. The number of benzene rings is 1. The van der Waals surface area contributed by atoms with Crippen molar-refractivity contribution in [1.29, 1.82) is 0 Å². The second-order valence-electron chi connectivity index (χ2n) is 2.90. The molecule has 0 atom stereocenters. The van der Waals surface area contributed by atoms with E-state index in [1.165, 1.54) is 24.9 Å². The van der Waals surface area contributed by atoms with Gasteiger partial charge in [-0.3, -0.25) is 0 Å². The fraction of sp³-hybridized carbons (Fsp3) is 0.300. The normalized spacial score (nSPS) is 9.92. The first kappa shape index (κ1) is 9.66. The molecule has 0 saturated carbocycles. The molecular weight excluding hydrogens is 318 g/mol. The van der Waals surface area contributed by atoms with E-state index in [0.717, 1.165) is 5.69 Å². The molecule has 1 aromatic carbocycles. The zero-order valence-electron chi connectivity index (χ0n) is 7.32. The van der Waals surface area contributed by atoms with Gasteiger partial charge < -0.3 is 0 Å². The molecular formula is C10H12NW-. The molecule has 0 spiro atoms. The van der Waals surface area contributed by atoms with Crippen LogP contribution in [0.4, 0.5) is 5.69 Å². The molecule has 0 bridgehead atoms. The number of hydrogen-bond donors (Lipinski definition) is 0. The third-order valence-electron chi connectivity index (χ3n) is 1.46. The number of para-hydroxylation sites is 1. The Balaban J connectivity index is 2.89. The van der Waals surface area contributed by atoms with Gasteiger partial charge in [0.2, 0.25) is 0 Å². The Morgan fingerprint density at radius 1 is 1.33 bits per heavy atom. The molecule has 12 heavy (non-hydrogen) atoms. The zero-order valence-corrected chi connectivity index (χ0v) is 10.3. The van der Waals surface area contributed by atoms with Gasteiger partial charge in [-0.1, -0.05) is 0 Å². The molecule has 64 valence electrons. The van der Waals surface area contributed by atoms with Crippen LogP contribution in [0.25, 0.3) is 5.32 Å². The van der Waals surface area contributed by atoms with Gasteiger partial charge in [0.05, 0.1) is 0 Å². The van der Waals surface area contributed by atoms with Crippen LogP contribution in [0.3, 0.4) is 0 Å². The SMILES string of the molecule is CC(C)[N-]c1ccccc1[CH]=[W]. The van der Waals surface area contributed by atoms with Crippen molar-refractivity contribution in [2.45, 2.75) is 19.9 Å². The van der Waals surface area contributed by atoms with E-state index in [-0.39, 0.29) is 0 Å². The fourth-order valence-electron chi connectivity index (χ4n) is 0.983. The summed E-state index contributed by atoms with van der Waals surface area (Å²) in [6, 6.07) is 8.63. The molecule has 0 saturated heterocycles. The molecule has 2 heteroatoms. The topological polar surface area (TPSA) is 14.1 Å². The first-order chi connectivity index (χ1) is 5.74. The summed E-state index contributed by atoms with van der Waals surface area (Å²) in [5.41, 5.74) is 2.36. The quantitative estimate of drug-likeness (QED) is 0.809. The molecule has 0 amide bonds. The van der Waals surface area contributed by atoms with Crippen molar-refractivity contribution in [2.24, 2.45) is 0 Å². The molecule has 0 N–H and O–H groups in total. The van der Waals surface area contributed by atoms with Crippen LogP contribution in [0.1, 0.15) is 19.4 Å². The van der Waals surface area contributed by atoms with Gasteiger partial charge in [0.1, 0.15) is 0 Å². The van der Waals surface area contributed by atoms with Crippen LogP contribution < -0.4 is 0 Å². The van der Waals surface area contributed by atoms with Crippen LogP contribution in [0, 0.1) is 0 Å². The van der Waals surface area contributed by atoms with E-state index in [9.17, 15) is 0 Å². The van der Waals surface area contributed by atoms with Crippen LogP contribution in [-0.4, -0.2) is 10.4 Å². The van der Waals surface area contributed by atoms with E-state index in [1.54, 1.807) is 0 Å². The molecule has 0 aromatic heterocycles. The van der Waals surface area contributed by atoms with E-state index < -0.39 is 0 Å². The van der Waals surface area contributed by atoms with Crippen molar-refractivity contribution in [3.8, 4) is 0 Å². The number of rotatable bonds is 3. The van der Waals surface area contributed by atoms with Crippen molar-refractivity contribution < 1.29 is 19.4 Å². The zero-order chi connectivity index (χ0) is 8.97. The van der Waals surface area contributed by atoms with E-state index in [4.69, 9.17) is 0 Å². The summed E-state index contributed by atoms with van der Waals surface area (Å²) in [6.07, 6.45) is 0. The first-order valence-electron chi connectivity index (χ1n) is 3.99. The van der Waals surface area contributed by atoms with E-state index in [0.29, 0.717) is 6.04 Å². The van der Waals surface area contributed by atoms with Gasteiger partial charge in [0.25, 0.3) is 0 Å². The second kappa shape index (κ2) is 4.57. The van der Waals surface area contributed by atoms with Gasteiger partial charge in [-0.25, -0.2) is 0 Å². The average Bonchev–Trinajstić information content (AvgIpc) is 2.04. The first-order valence-corrected chi connectivity index (χ1v) is 5.68. The summed E-state index contributed by atoms with van der Waals surface area (Å²) < 4.78 is 2.17. The minimum atomic E-state index is 0.376. The standard InChI is InChI=1S/C10H12N.W/c1-8(2)11-10-7-5-4-6-9(10)3;/h3-8H,1-2H3;/q-1;. The maximum atomic E-state index is 4.51. The summed E-state index contributed by atoms with van der Waals surface area (Å²) in [5.74, 6) is 0. The average molecular weight is 330 g/mol. The summed E-state index contributed by atoms with van der Waals surface area (Å²) in [6.45, 7) is 4.19. The number of nitrogens with zero attached hydrogens (tertiary/aromatic N) is 1. The molecule has 1 aromatic rings. The minimum absolute atomic E-state index is 0.376. The van der Waals surface area contributed by atoms with Crippen LogP contribution in [0.15, 0.2) is 24.3 Å². The molecule has 0 fully saturated rings. The van der Waals surface area contributed by atoms with Gasteiger partial charge in [-0.15, -0.1) is 0 Å². The number of hydrogen-bond acceptors (Lipinski definition) is 0. The predicted octanol–water partition coefficient (Wildman–Crippen LogP) is 2.80. The Labute approximate surface area is 84.6 Å². The molecule has 0 heterocycles. The third-order valence-corrected chi connectivity index (χ3v) is 2.37. The van der Waals surface area contributed by atoms with Gasteiger partial charge >= 0.3 is 84.5 Å². The van der Waals surface area contributed by atoms with Gasteiger partial charge in [0.15, 0.2) is 0 Å². The van der Waals surface area contributed by atoms with Crippen molar-refractivity contribution in [2.75, 3.05) is 0 Å². The Bertz CT molecular complexity index is 268. The monoisotopic (exact) mass is 330 g/mol. The van der Waals surface area contributed by atoms with E-state index >= 15 is 0 Å². The van der Waals surface area contributed by atoms with Crippen LogP contribution in [-0.2, 0) is 19.4 Å². The maximum absolute atomic E-state index is 4.51. The Morgan fingerprint density at radius 3 is 2.58 bits per heavy atom. The predicted molar refractivity (Wildman–Crippen MR) is 49.8 cm³/mol. The van der Waals surface area contributed by atoms with Crippen molar-refractivity contribution >= 4 is 10.1 Å². The molecule has 1 nitrogen and oxygen atoms in total. The molecule has 0 aliphatic heterocycles. The van der Waals surface area contributed by atoms with E-state index in [2.05, 4.69) is 35.7 Å². The Kier molecular flexibility index (Phi) is 3.68. The van der Waals surface area contributed by atoms with Gasteiger partial charge in [0, 0.05) is 0 Å². The van der Waals surface area contributed by atoms with Crippen molar-refractivity contribution in [1.82, 2.24) is 0 Å². The summed E-state index contributed by atoms with van der Waals surface area (Å²) in [5, 5.41) is 4.51. The van der Waals surface area contributed by atoms with E-state index in [1.807, 2.05) is 12.1 Å². The second-order valence-corrected chi connectivity index (χ2v) is 3.75. The molecule has 0 unspecified atom stereocenters. The summed E-state index contributed by atoms with van der Waals surface area (Å²) in [4.78, 5) is 0. The third kappa shape index (κ3) is 2.56. The van der Waals surface area contributed by atoms with Crippen molar-refractivity contribution in [3.05, 3.63) is 35.1 Å². The van der Waals surface area contributed by atoms with Gasteiger partial charge in [-0.2, -0.15) is 0 Å². The summed E-state index contributed by atoms with van der Waals surface area (Å²) in [7, 11) is 0. The molecule has 1 rings (SSSR count). The summed E-state index contributed by atoms with van der Waals surface area (Å²) >= 11 is 1.47. The molecule has 0 aliphatic rings. The fourth-order valence-corrected chi connectivity index (χ4v) is 1.70. The van der Waals surface area contributed by atoms with Crippen LogP contribution in [0.2, 0.25) is 0 Å². The van der Waals surface area contributed by atoms with Gasteiger partial charge in [-0.05, 0) is 0 Å². The van der Waals surface area contributed by atoms with Crippen LogP contribution >= 0.6 is 0 Å².